The lowest BCUT2D eigenvalue weighted by Gasteiger charge is -2.27. The van der Waals surface area contributed by atoms with Crippen molar-refractivity contribution in [1.82, 2.24) is 19.6 Å². The van der Waals surface area contributed by atoms with Gasteiger partial charge in [0.05, 0.1) is 30.1 Å². The first-order valence-corrected chi connectivity index (χ1v) is 10.4. The molecule has 3 aromatic heterocycles. The highest BCUT2D eigenvalue weighted by molar-refractivity contribution is 6.31. The minimum Gasteiger partial charge on any atom is -0.378 e. The van der Waals surface area contributed by atoms with Crippen LogP contribution in [-0.4, -0.2) is 51.8 Å². The first-order valence-electron chi connectivity index (χ1n) is 10.0. The van der Waals surface area contributed by atoms with Crippen LogP contribution in [0.15, 0.2) is 54.7 Å². The molecular weight excluding hydrogens is 435 g/mol. The Kier molecular flexibility index (Phi) is 5.42. The molecule has 1 aliphatic rings. The number of rotatable bonds is 4. The molecule has 0 aliphatic carbocycles. The van der Waals surface area contributed by atoms with E-state index in [9.17, 15) is 9.18 Å². The van der Waals surface area contributed by atoms with Crippen molar-refractivity contribution < 1.29 is 13.9 Å². The summed E-state index contributed by atoms with van der Waals surface area (Å²) in [5, 5.41) is 7.20. The number of halogens is 2. The van der Waals surface area contributed by atoms with Gasteiger partial charge < -0.3 is 15.0 Å². The molecule has 1 fully saturated rings. The van der Waals surface area contributed by atoms with Crippen LogP contribution in [0.1, 0.15) is 10.5 Å². The standard InChI is InChI=1S/C22H18ClFN6O2/c23-15-4-1-3-14(21(15)24)16-7-8-19-25-13-17(30(19)28-16)22(31)27-18-5-2-6-20(26-18)29-9-11-32-12-10-29/h1-8,13H,9-12H2,(H,26,27,31). The van der Waals surface area contributed by atoms with Gasteiger partial charge in [-0.15, -0.1) is 0 Å². The molecule has 1 aromatic carbocycles. The minimum atomic E-state index is -0.573. The zero-order chi connectivity index (χ0) is 22.1. The van der Waals surface area contributed by atoms with Crippen LogP contribution in [0.2, 0.25) is 5.02 Å². The number of anilines is 2. The average Bonchev–Trinajstić information content (AvgIpc) is 3.25. The van der Waals surface area contributed by atoms with Gasteiger partial charge in [0.25, 0.3) is 5.91 Å². The highest BCUT2D eigenvalue weighted by Gasteiger charge is 2.18. The maximum absolute atomic E-state index is 14.5. The molecule has 8 nitrogen and oxygen atoms in total. The number of hydrogen-bond acceptors (Lipinski definition) is 6. The van der Waals surface area contributed by atoms with E-state index < -0.39 is 11.7 Å². The quantitative estimate of drug-likeness (QED) is 0.508. The third-order valence-corrected chi connectivity index (χ3v) is 5.43. The van der Waals surface area contributed by atoms with Gasteiger partial charge in [0.15, 0.2) is 17.2 Å². The molecule has 0 bridgehead atoms. The van der Waals surface area contributed by atoms with E-state index in [-0.39, 0.29) is 16.3 Å². The number of pyridine rings is 1. The topological polar surface area (TPSA) is 84.7 Å². The Morgan fingerprint density at radius 3 is 2.75 bits per heavy atom. The van der Waals surface area contributed by atoms with Gasteiger partial charge in [0, 0.05) is 18.7 Å². The Hall–Kier alpha value is -3.56. The summed E-state index contributed by atoms with van der Waals surface area (Å²) in [4.78, 5) is 23.8. The lowest BCUT2D eigenvalue weighted by atomic mass is 10.1. The van der Waals surface area contributed by atoms with Crippen LogP contribution in [0.3, 0.4) is 0 Å². The third kappa shape index (κ3) is 3.88. The number of nitrogens with zero attached hydrogens (tertiary/aromatic N) is 5. The average molecular weight is 453 g/mol. The monoisotopic (exact) mass is 452 g/mol. The van der Waals surface area contributed by atoms with Gasteiger partial charge >= 0.3 is 0 Å². The number of hydrogen-bond donors (Lipinski definition) is 1. The Morgan fingerprint density at radius 2 is 1.91 bits per heavy atom. The SMILES string of the molecule is O=C(Nc1cccc(N2CCOCC2)n1)c1cnc2ccc(-c3cccc(Cl)c3F)nn12. The second-order valence-corrected chi connectivity index (χ2v) is 7.58. The van der Waals surface area contributed by atoms with Crippen LogP contribution in [0.25, 0.3) is 16.9 Å². The second kappa shape index (κ2) is 8.52. The highest BCUT2D eigenvalue weighted by Crippen LogP contribution is 2.26. The summed E-state index contributed by atoms with van der Waals surface area (Å²) in [7, 11) is 0. The fourth-order valence-corrected chi connectivity index (χ4v) is 3.69. The Balaban J connectivity index is 1.43. The number of amides is 1. The number of carbonyl (C=O) groups excluding carboxylic acids is 1. The largest absolute Gasteiger partial charge is 0.378 e. The zero-order valence-electron chi connectivity index (χ0n) is 16.8. The van der Waals surface area contributed by atoms with Crippen molar-refractivity contribution in [2.45, 2.75) is 0 Å². The van der Waals surface area contributed by atoms with E-state index in [0.29, 0.717) is 30.4 Å². The molecule has 1 amide bonds. The summed E-state index contributed by atoms with van der Waals surface area (Å²) >= 11 is 5.90. The van der Waals surface area contributed by atoms with Gasteiger partial charge in [-0.05, 0) is 36.4 Å². The number of fused-ring (bicyclic) bond motifs is 1. The number of benzene rings is 1. The van der Waals surface area contributed by atoms with Crippen LogP contribution in [0.4, 0.5) is 16.0 Å². The minimum absolute atomic E-state index is 0.000723. The van der Waals surface area contributed by atoms with Crippen molar-refractivity contribution >= 4 is 34.8 Å². The smallest absolute Gasteiger partial charge is 0.277 e. The molecule has 4 aromatic rings. The number of nitrogens with one attached hydrogen (secondary N) is 1. The fraction of sp³-hybridized carbons (Fsp3) is 0.182. The lowest BCUT2D eigenvalue weighted by molar-refractivity contribution is 0.102. The van der Waals surface area contributed by atoms with Crippen molar-refractivity contribution in [2.24, 2.45) is 0 Å². The van der Waals surface area contributed by atoms with E-state index in [1.54, 1.807) is 30.3 Å². The number of carbonyl (C=O) groups is 1. The number of imidazole rings is 1. The van der Waals surface area contributed by atoms with Crippen LogP contribution >= 0.6 is 11.6 Å². The summed E-state index contributed by atoms with van der Waals surface area (Å²) in [5.41, 5.74) is 1.22. The third-order valence-electron chi connectivity index (χ3n) is 5.13. The Labute approximate surface area is 187 Å². The predicted octanol–water partition coefficient (Wildman–Crippen LogP) is 3.67. The Morgan fingerprint density at radius 1 is 1.09 bits per heavy atom. The molecule has 10 heteroatoms. The summed E-state index contributed by atoms with van der Waals surface area (Å²) in [6.45, 7) is 2.76. The van der Waals surface area contributed by atoms with Gasteiger partial charge in [-0.2, -0.15) is 5.10 Å². The number of morpholine rings is 1. The van der Waals surface area contributed by atoms with Crippen molar-refractivity contribution in [1.29, 1.82) is 0 Å². The van der Waals surface area contributed by atoms with Crippen molar-refractivity contribution in [3.05, 3.63) is 71.3 Å². The van der Waals surface area contributed by atoms with Gasteiger partial charge in [0.2, 0.25) is 0 Å². The summed E-state index contributed by atoms with van der Waals surface area (Å²) in [5.74, 6) is 0.170. The van der Waals surface area contributed by atoms with Gasteiger partial charge in [0.1, 0.15) is 11.6 Å². The van der Waals surface area contributed by atoms with Crippen LogP contribution in [-0.2, 0) is 4.74 Å². The number of ether oxygens (including phenoxy) is 1. The maximum atomic E-state index is 14.5. The first kappa shape index (κ1) is 20.3. The van der Waals surface area contributed by atoms with Crippen LogP contribution < -0.4 is 10.2 Å². The van der Waals surface area contributed by atoms with Crippen molar-refractivity contribution in [3.63, 3.8) is 0 Å². The molecule has 0 saturated carbocycles. The van der Waals surface area contributed by atoms with E-state index in [4.69, 9.17) is 16.3 Å². The lowest BCUT2D eigenvalue weighted by Crippen LogP contribution is -2.36. The van der Waals surface area contributed by atoms with Gasteiger partial charge in [-0.25, -0.2) is 18.9 Å². The molecule has 5 rings (SSSR count). The molecule has 32 heavy (non-hydrogen) atoms. The van der Waals surface area contributed by atoms with E-state index in [0.717, 1.165) is 18.9 Å². The Bertz CT molecular complexity index is 1300. The van der Waals surface area contributed by atoms with E-state index >= 15 is 0 Å². The van der Waals surface area contributed by atoms with Gasteiger partial charge in [-0.3, -0.25) is 4.79 Å². The normalized spacial score (nSPS) is 14.0. The van der Waals surface area contributed by atoms with Gasteiger partial charge in [-0.1, -0.05) is 23.7 Å². The summed E-state index contributed by atoms with van der Waals surface area (Å²) in [6, 6.07) is 13.4. The maximum Gasteiger partial charge on any atom is 0.277 e. The zero-order valence-corrected chi connectivity index (χ0v) is 17.6. The van der Waals surface area contributed by atoms with Crippen molar-refractivity contribution in [2.75, 3.05) is 36.5 Å². The van der Waals surface area contributed by atoms with Crippen LogP contribution in [0.5, 0.6) is 0 Å². The molecule has 4 heterocycles. The predicted molar refractivity (Wildman–Crippen MR) is 119 cm³/mol. The molecule has 162 valence electrons. The molecular formula is C22H18ClFN6O2. The molecule has 1 N–H and O–H groups in total. The molecule has 0 spiro atoms. The molecule has 0 atom stereocenters. The fourth-order valence-electron chi connectivity index (χ4n) is 3.52. The molecule has 1 aliphatic heterocycles. The second-order valence-electron chi connectivity index (χ2n) is 7.17. The van der Waals surface area contributed by atoms with E-state index in [1.807, 2.05) is 12.1 Å². The summed E-state index contributed by atoms with van der Waals surface area (Å²) < 4.78 is 21.2. The van der Waals surface area contributed by atoms with Crippen molar-refractivity contribution in [3.8, 4) is 11.3 Å². The summed E-state index contributed by atoms with van der Waals surface area (Å²) in [6.07, 6.45) is 1.42. The molecule has 0 unspecified atom stereocenters. The van der Waals surface area contributed by atoms with E-state index in [1.165, 1.54) is 16.8 Å². The number of aromatic nitrogens is 4. The van der Waals surface area contributed by atoms with E-state index in [2.05, 4.69) is 25.3 Å². The van der Waals surface area contributed by atoms with Crippen LogP contribution in [0, 0.1) is 5.82 Å². The molecule has 0 radical (unpaired) electrons. The molecule has 1 saturated heterocycles. The first-order chi connectivity index (χ1) is 15.6. The highest BCUT2D eigenvalue weighted by atomic mass is 35.5.